The van der Waals surface area contributed by atoms with Crippen molar-refractivity contribution in [3.8, 4) is 6.07 Å². The van der Waals surface area contributed by atoms with E-state index in [0.29, 0.717) is 17.9 Å². The lowest BCUT2D eigenvalue weighted by Crippen LogP contribution is -2.26. The van der Waals surface area contributed by atoms with E-state index in [1.54, 1.807) is 12.1 Å². The smallest absolute Gasteiger partial charge is 0.184 e. The van der Waals surface area contributed by atoms with Crippen LogP contribution in [-0.2, 0) is 12.1 Å². The third kappa shape index (κ3) is 3.32. The molecule has 29 heavy (non-hydrogen) atoms. The number of benzene rings is 2. The summed E-state index contributed by atoms with van der Waals surface area (Å²) in [6.45, 7) is 4.81. The van der Waals surface area contributed by atoms with Gasteiger partial charge >= 0.3 is 0 Å². The minimum absolute atomic E-state index is 0.326. The number of anilines is 1. The number of aryl methyl sites for hydroxylation is 2. The highest BCUT2D eigenvalue weighted by Crippen LogP contribution is 2.40. The summed E-state index contributed by atoms with van der Waals surface area (Å²) < 4.78 is 16.3. The van der Waals surface area contributed by atoms with Crippen LogP contribution in [-0.4, -0.2) is 27.7 Å². The summed E-state index contributed by atoms with van der Waals surface area (Å²) in [6.07, 6.45) is 0. The summed E-state index contributed by atoms with van der Waals surface area (Å²) in [5.74, 6) is 1.09. The first kappa shape index (κ1) is 19.9. The van der Waals surface area contributed by atoms with Gasteiger partial charge in [-0.3, -0.25) is 0 Å². The predicted molar refractivity (Wildman–Crippen MR) is 120 cm³/mol. The number of hydrogen-bond acceptors (Lipinski definition) is 5. The van der Waals surface area contributed by atoms with E-state index in [1.165, 1.54) is 23.9 Å². The van der Waals surface area contributed by atoms with Crippen LogP contribution in [0.4, 0.5) is 10.2 Å². The van der Waals surface area contributed by atoms with Gasteiger partial charge in [0.15, 0.2) is 10.7 Å². The Balaban J connectivity index is 1.81. The van der Waals surface area contributed by atoms with Crippen LogP contribution in [0.2, 0.25) is 0 Å². The number of nitrogens with zero attached hydrogens (tertiary/aromatic N) is 5. The maximum Gasteiger partial charge on any atom is 0.184 e. The van der Waals surface area contributed by atoms with Gasteiger partial charge in [0.05, 0.1) is 11.6 Å². The molecule has 0 bridgehead atoms. The third-order valence-corrected chi connectivity index (χ3v) is 6.72. The Labute approximate surface area is 181 Å². The predicted octanol–water partition coefficient (Wildman–Crippen LogP) is 5.22. The van der Waals surface area contributed by atoms with Crippen molar-refractivity contribution in [3.05, 3.63) is 57.8 Å². The number of nitriles is 1. The molecule has 8 heteroatoms. The fraction of sp³-hybridized carbons (Fsp3) is 0.286. The summed E-state index contributed by atoms with van der Waals surface area (Å²) in [5, 5.41) is 16.4. The van der Waals surface area contributed by atoms with Gasteiger partial charge < -0.3 is 4.90 Å². The third-order valence-electron chi connectivity index (χ3n) is 5.08. The minimum atomic E-state index is -1.02. The largest absolute Gasteiger partial charge is 0.309 e. The number of hydrogen-bond donors (Lipinski definition) is 0. The molecule has 0 fully saturated rings. The second-order valence-electron chi connectivity index (χ2n) is 6.98. The van der Waals surface area contributed by atoms with E-state index < -0.39 is 5.54 Å². The number of amidine groups is 1. The fourth-order valence-electron chi connectivity index (χ4n) is 3.57. The molecule has 0 aliphatic carbocycles. The molecule has 0 saturated heterocycles. The molecule has 0 N–H and O–H groups in total. The van der Waals surface area contributed by atoms with Crippen molar-refractivity contribution in [2.45, 2.75) is 25.9 Å². The molecule has 0 spiro atoms. The first-order valence-corrected chi connectivity index (χ1v) is 11.0. The number of thioether (sulfide) groups is 1. The first-order valence-electron chi connectivity index (χ1n) is 9.19. The van der Waals surface area contributed by atoms with Crippen LogP contribution < -0.4 is 4.90 Å². The molecular weight excluding hydrogens is 453 g/mol. The molecule has 2 aromatic carbocycles. The Morgan fingerprint density at radius 2 is 2.07 bits per heavy atom. The van der Waals surface area contributed by atoms with E-state index in [9.17, 15) is 9.65 Å². The molecule has 1 aliphatic rings. The highest BCUT2D eigenvalue weighted by Gasteiger charge is 2.39. The molecule has 0 amide bonds. The van der Waals surface area contributed by atoms with E-state index in [-0.39, 0.29) is 5.82 Å². The van der Waals surface area contributed by atoms with Gasteiger partial charge in [-0.25, -0.2) is 14.1 Å². The zero-order valence-corrected chi connectivity index (χ0v) is 18.7. The van der Waals surface area contributed by atoms with Gasteiger partial charge in [-0.15, -0.1) is 0 Å². The molecule has 2 heterocycles. The van der Waals surface area contributed by atoms with Gasteiger partial charge in [0.2, 0.25) is 0 Å². The van der Waals surface area contributed by atoms with Crippen LogP contribution in [0.25, 0.3) is 10.9 Å². The second-order valence-corrected chi connectivity index (χ2v) is 8.84. The van der Waals surface area contributed by atoms with Gasteiger partial charge in [-0.2, -0.15) is 10.4 Å². The molecule has 3 aromatic rings. The summed E-state index contributed by atoms with van der Waals surface area (Å²) in [4.78, 5) is 6.79. The lowest BCUT2D eigenvalue weighted by atomic mass is 9.94. The van der Waals surface area contributed by atoms with Crippen LogP contribution >= 0.6 is 27.7 Å². The van der Waals surface area contributed by atoms with E-state index >= 15 is 0 Å². The normalized spacial score (nSPS) is 18.7. The van der Waals surface area contributed by atoms with Crippen molar-refractivity contribution in [1.82, 2.24) is 9.78 Å². The highest BCUT2D eigenvalue weighted by molar-refractivity contribution is 9.10. The van der Waals surface area contributed by atoms with Crippen LogP contribution in [0, 0.1) is 24.1 Å². The Morgan fingerprint density at radius 1 is 1.34 bits per heavy atom. The molecule has 1 aromatic heterocycles. The molecule has 0 radical (unpaired) electrons. The van der Waals surface area contributed by atoms with Crippen LogP contribution in [0.3, 0.4) is 0 Å². The quantitative estimate of drug-likeness (QED) is 0.524. The fourth-order valence-corrected chi connectivity index (χ4v) is 5.28. The second kappa shape index (κ2) is 7.47. The van der Waals surface area contributed by atoms with Crippen molar-refractivity contribution < 1.29 is 4.39 Å². The van der Waals surface area contributed by atoms with Crippen molar-refractivity contribution in [1.29, 1.82) is 5.26 Å². The zero-order valence-electron chi connectivity index (χ0n) is 16.3. The van der Waals surface area contributed by atoms with Crippen LogP contribution in [0.15, 0.2) is 45.9 Å². The van der Waals surface area contributed by atoms with Crippen molar-refractivity contribution in [2.75, 3.05) is 17.7 Å². The van der Waals surface area contributed by atoms with Gasteiger partial charge in [0.25, 0.3) is 0 Å². The molecule has 4 rings (SSSR count). The topological polar surface area (TPSA) is 57.2 Å². The highest BCUT2D eigenvalue weighted by atomic mass is 79.9. The van der Waals surface area contributed by atoms with E-state index in [4.69, 9.17) is 10.1 Å². The van der Waals surface area contributed by atoms with Crippen molar-refractivity contribution in [3.63, 3.8) is 0 Å². The van der Waals surface area contributed by atoms with Gasteiger partial charge in [-0.1, -0.05) is 39.8 Å². The van der Waals surface area contributed by atoms with Crippen LogP contribution in [0.1, 0.15) is 18.1 Å². The van der Waals surface area contributed by atoms with E-state index in [0.717, 1.165) is 31.9 Å². The number of aliphatic imine (C=N–C) groups is 1. The van der Waals surface area contributed by atoms with Crippen LogP contribution in [0.5, 0.6) is 0 Å². The Morgan fingerprint density at radius 3 is 2.72 bits per heavy atom. The van der Waals surface area contributed by atoms with Gasteiger partial charge in [-0.05, 0) is 49.2 Å². The molecule has 1 aliphatic heterocycles. The molecule has 1 unspecified atom stereocenters. The molecule has 5 nitrogen and oxygen atoms in total. The van der Waals surface area contributed by atoms with E-state index in [1.807, 2.05) is 23.6 Å². The van der Waals surface area contributed by atoms with Crippen molar-refractivity contribution in [2.24, 2.45) is 4.99 Å². The Hall–Kier alpha value is -2.37. The average Bonchev–Trinajstić information content (AvgIpc) is 3.30. The van der Waals surface area contributed by atoms with Crippen molar-refractivity contribution >= 4 is 49.6 Å². The average molecular weight is 472 g/mol. The molecule has 0 saturated carbocycles. The molecule has 148 valence electrons. The lowest BCUT2D eigenvalue weighted by Gasteiger charge is -2.20. The number of aromatic nitrogens is 2. The summed E-state index contributed by atoms with van der Waals surface area (Å²) in [6, 6.07) is 12.5. The van der Waals surface area contributed by atoms with E-state index in [2.05, 4.69) is 41.1 Å². The standard InChI is InChI=1S/C21H19BrFN5S/c1-4-28-19(17-10-15(22)9-13(2)18(17)26-28)27(3)20-25-21(11-24,12-29-20)14-5-7-16(23)8-6-14/h5-10H,4,12H2,1-3H3. The van der Waals surface area contributed by atoms with Gasteiger partial charge in [0.1, 0.15) is 11.6 Å². The SMILES string of the molecule is CCn1nc2c(C)cc(Br)cc2c1N(C)C1=NC(C#N)(c2ccc(F)cc2)CS1. The zero-order chi connectivity index (χ0) is 20.8. The lowest BCUT2D eigenvalue weighted by molar-refractivity contribution is 0.620. The number of rotatable bonds is 3. The maximum atomic E-state index is 13.3. The summed E-state index contributed by atoms with van der Waals surface area (Å²) in [5.41, 5.74) is 1.72. The summed E-state index contributed by atoms with van der Waals surface area (Å²) in [7, 11) is 1.95. The molecular formula is C21H19BrFN5S. The monoisotopic (exact) mass is 471 g/mol. The minimum Gasteiger partial charge on any atom is -0.309 e. The number of halogens is 2. The molecule has 1 atom stereocenters. The maximum absolute atomic E-state index is 13.3. The summed E-state index contributed by atoms with van der Waals surface area (Å²) >= 11 is 5.10. The Kier molecular flexibility index (Phi) is 5.13. The first-order chi connectivity index (χ1) is 13.9. The Bertz CT molecular complexity index is 1160. The number of fused-ring (bicyclic) bond motifs is 1. The van der Waals surface area contributed by atoms with Gasteiger partial charge in [0, 0.05) is 29.2 Å².